The van der Waals surface area contributed by atoms with Crippen molar-refractivity contribution in [1.29, 1.82) is 0 Å². The molecule has 0 fully saturated rings. The molecule has 3 N–H and O–H groups in total. The van der Waals surface area contributed by atoms with Gasteiger partial charge in [-0.2, -0.15) is 11.8 Å². The topological polar surface area (TPSA) is 73.6 Å². The first-order chi connectivity index (χ1) is 9.20. The molecule has 1 aromatic rings. The van der Waals surface area contributed by atoms with Crippen LogP contribution in [-0.4, -0.2) is 24.7 Å². The molecule has 1 aromatic carbocycles. The number of unbranched alkanes of at least 4 members (excludes halogenated alkanes) is 1. The first-order valence-corrected chi connectivity index (χ1v) is 7.58. The van der Waals surface area contributed by atoms with Gasteiger partial charge in [-0.25, -0.2) is 0 Å². The van der Waals surface area contributed by atoms with Gasteiger partial charge in [0.25, 0.3) is 0 Å². The van der Waals surface area contributed by atoms with Crippen LogP contribution in [0.25, 0.3) is 0 Å². The average Bonchev–Trinajstić information content (AvgIpc) is 2.82. The molecule has 0 unspecified atom stereocenters. The van der Waals surface area contributed by atoms with E-state index in [1.165, 1.54) is 0 Å². The normalized spacial score (nSPS) is 12.5. The van der Waals surface area contributed by atoms with Gasteiger partial charge in [-0.3, -0.25) is 4.79 Å². The molecule has 1 aliphatic heterocycles. The van der Waals surface area contributed by atoms with Crippen LogP contribution in [0.3, 0.4) is 0 Å². The number of amides is 1. The van der Waals surface area contributed by atoms with Crippen molar-refractivity contribution < 1.29 is 14.3 Å². The predicted octanol–water partition coefficient (Wildman–Crippen LogP) is 2.47. The van der Waals surface area contributed by atoms with Gasteiger partial charge in [0.1, 0.15) is 0 Å². The molecule has 0 radical (unpaired) electrons. The van der Waals surface area contributed by atoms with E-state index in [1.54, 1.807) is 23.9 Å². The minimum atomic E-state index is -0.0216. The summed E-state index contributed by atoms with van der Waals surface area (Å²) >= 11 is 1.79. The van der Waals surface area contributed by atoms with Crippen LogP contribution in [0.1, 0.15) is 19.3 Å². The molecule has 0 saturated heterocycles. The predicted molar refractivity (Wildman–Crippen MR) is 77.8 cm³/mol. The SMILES string of the molecule is CSCCCCC(=O)Nc1cc2c(cc1N)OCO2. The highest BCUT2D eigenvalue weighted by Gasteiger charge is 2.17. The second-order valence-electron chi connectivity index (χ2n) is 4.29. The fraction of sp³-hybridized carbons (Fsp3) is 0.462. The monoisotopic (exact) mass is 282 g/mol. The standard InChI is InChI=1S/C13H18N2O3S/c1-19-5-3-2-4-13(16)15-10-7-12-11(6-9(10)14)17-8-18-12/h6-7H,2-5,8,14H2,1H3,(H,15,16). The summed E-state index contributed by atoms with van der Waals surface area (Å²) in [6, 6.07) is 3.38. The van der Waals surface area contributed by atoms with Gasteiger partial charge in [-0.15, -0.1) is 0 Å². The van der Waals surface area contributed by atoms with Crippen molar-refractivity contribution in [2.45, 2.75) is 19.3 Å². The smallest absolute Gasteiger partial charge is 0.231 e. The van der Waals surface area contributed by atoms with E-state index in [4.69, 9.17) is 15.2 Å². The second kappa shape index (κ2) is 6.56. The minimum Gasteiger partial charge on any atom is -0.454 e. The van der Waals surface area contributed by atoms with Crippen LogP contribution in [-0.2, 0) is 4.79 Å². The molecule has 104 valence electrons. The van der Waals surface area contributed by atoms with Crippen molar-refractivity contribution in [3.8, 4) is 11.5 Å². The van der Waals surface area contributed by atoms with E-state index >= 15 is 0 Å². The lowest BCUT2D eigenvalue weighted by molar-refractivity contribution is -0.116. The molecule has 5 nitrogen and oxygen atoms in total. The van der Waals surface area contributed by atoms with Crippen molar-refractivity contribution in [2.75, 3.05) is 29.9 Å². The van der Waals surface area contributed by atoms with E-state index in [9.17, 15) is 4.79 Å². The molecule has 1 amide bonds. The average molecular weight is 282 g/mol. The number of fused-ring (bicyclic) bond motifs is 1. The number of rotatable bonds is 6. The van der Waals surface area contributed by atoms with Crippen molar-refractivity contribution in [1.82, 2.24) is 0 Å². The largest absolute Gasteiger partial charge is 0.454 e. The zero-order valence-electron chi connectivity index (χ0n) is 10.9. The number of benzene rings is 1. The number of ether oxygens (including phenoxy) is 2. The summed E-state index contributed by atoms with van der Waals surface area (Å²) in [5.41, 5.74) is 6.93. The van der Waals surface area contributed by atoms with Crippen LogP contribution in [0.15, 0.2) is 12.1 Å². The second-order valence-corrected chi connectivity index (χ2v) is 5.28. The third kappa shape index (κ3) is 3.70. The zero-order valence-corrected chi connectivity index (χ0v) is 11.7. The Hall–Kier alpha value is -1.56. The van der Waals surface area contributed by atoms with Crippen molar-refractivity contribution >= 4 is 29.0 Å². The number of carbonyl (C=O) groups excluding carboxylic acids is 1. The molecule has 0 spiro atoms. The van der Waals surface area contributed by atoms with E-state index in [1.807, 2.05) is 0 Å². The Kier molecular flexibility index (Phi) is 4.79. The number of hydrogen-bond acceptors (Lipinski definition) is 5. The molecule has 0 atom stereocenters. The molecule has 1 heterocycles. The molecule has 2 rings (SSSR count). The van der Waals surface area contributed by atoms with Crippen LogP contribution in [0.5, 0.6) is 11.5 Å². The number of nitrogen functional groups attached to an aromatic ring is 1. The third-order valence-electron chi connectivity index (χ3n) is 2.82. The Balaban J connectivity index is 1.90. The quantitative estimate of drug-likeness (QED) is 0.619. The highest BCUT2D eigenvalue weighted by Crippen LogP contribution is 2.38. The van der Waals surface area contributed by atoms with Gasteiger partial charge < -0.3 is 20.5 Å². The van der Waals surface area contributed by atoms with Gasteiger partial charge >= 0.3 is 0 Å². The lowest BCUT2D eigenvalue weighted by Gasteiger charge is -2.09. The third-order valence-corrected chi connectivity index (χ3v) is 3.52. The first kappa shape index (κ1) is 13.9. The lowest BCUT2D eigenvalue weighted by atomic mass is 10.2. The number of thioether (sulfide) groups is 1. The summed E-state index contributed by atoms with van der Waals surface area (Å²) < 4.78 is 10.5. The maximum absolute atomic E-state index is 11.8. The van der Waals surface area contributed by atoms with E-state index in [0.29, 0.717) is 29.3 Å². The van der Waals surface area contributed by atoms with E-state index in [2.05, 4.69) is 11.6 Å². The number of carbonyl (C=O) groups is 1. The molecule has 19 heavy (non-hydrogen) atoms. The summed E-state index contributed by atoms with van der Waals surface area (Å²) in [4.78, 5) is 11.8. The summed E-state index contributed by atoms with van der Waals surface area (Å²) in [5.74, 6) is 2.30. The number of nitrogens with two attached hydrogens (primary N) is 1. The highest BCUT2D eigenvalue weighted by atomic mass is 32.2. The number of nitrogens with one attached hydrogen (secondary N) is 1. The summed E-state index contributed by atoms with van der Waals surface area (Å²) in [5, 5.41) is 2.81. The van der Waals surface area contributed by atoms with E-state index in [0.717, 1.165) is 18.6 Å². The van der Waals surface area contributed by atoms with E-state index < -0.39 is 0 Å². The highest BCUT2D eigenvalue weighted by molar-refractivity contribution is 7.98. The molecule has 0 aromatic heterocycles. The van der Waals surface area contributed by atoms with Crippen molar-refractivity contribution in [2.24, 2.45) is 0 Å². The van der Waals surface area contributed by atoms with Crippen LogP contribution in [0.4, 0.5) is 11.4 Å². The molecular weight excluding hydrogens is 264 g/mol. The van der Waals surface area contributed by atoms with Crippen LogP contribution < -0.4 is 20.5 Å². The van der Waals surface area contributed by atoms with Crippen LogP contribution in [0.2, 0.25) is 0 Å². The minimum absolute atomic E-state index is 0.0216. The van der Waals surface area contributed by atoms with Gasteiger partial charge in [-0.1, -0.05) is 0 Å². The van der Waals surface area contributed by atoms with Gasteiger partial charge in [0.2, 0.25) is 12.7 Å². The van der Waals surface area contributed by atoms with Crippen molar-refractivity contribution in [3.63, 3.8) is 0 Å². The van der Waals surface area contributed by atoms with Gasteiger partial charge in [0, 0.05) is 18.6 Å². The number of hydrogen-bond donors (Lipinski definition) is 2. The zero-order chi connectivity index (χ0) is 13.7. The Morgan fingerprint density at radius 2 is 2.11 bits per heavy atom. The van der Waals surface area contributed by atoms with E-state index in [-0.39, 0.29) is 12.7 Å². The molecule has 1 aliphatic rings. The molecular formula is C13H18N2O3S. The van der Waals surface area contributed by atoms with Crippen LogP contribution >= 0.6 is 11.8 Å². The fourth-order valence-electron chi connectivity index (χ4n) is 1.81. The molecule has 0 saturated carbocycles. The first-order valence-electron chi connectivity index (χ1n) is 6.18. The van der Waals surface area contributed by atoms with Crippen LogP contribution in [0, 0.1) is 0 Å². The Morgan fingerprint density at radius 3 is 2.84 bits per heavy atom. The van der Waals surface area contributed by atoms with Gasteiger partial charge in [0.05, 0.1) is 11.4 Å². The number of anilines is 2. The molecule has 6 heteroatoms. The molecule has 0 bridgehead atoms. The summed E-state index contributed by atoms with van der Waals surface area (Å²) in [7, 11) is 0. The summed E-state index contributed by atoms with van der Waals surface area (Å²) in [6.07, 6.45) is 4.50. The Morgan fingerprint density at radius 1 is 1.37 bits per heavy atom. The van der Waals surface area contributed by atoms with Crippen molar-refractivity contribution in [3.05, 3.63) is 12.1 Å². The fourth-order valence-corrected chi connectivity index (χ4v) is 2.30. The Labute approximate surface area is 116 Å². The molecule has 0 aliphatic carbocycles. The maximum Gasteiger partial charge on any atom is 0.231 e. The van der Waals surface area contributed by atoms with Gasteiger partial charge in [-0.05, 0) is 24.9 Å². The Bertz CT molecular complexity index is 465. The lowest BCUT2D eigenvalue weighted by Crippen LogP contribution is -2.12. The maximum atomic E-state index is 11.8. The van der Waals surface area contributed by atoms with Gasteiger partial charge in [0.15, 0.2) is 11.5 Å². The summed E-state index contributed by atoms with van der Waals surface area (Å²) in [6.45, 7) is 0.195.